The van der Waals surface area contributed by atoms with E-state index in [4.69, 9.17) is 4.74 Å². The van der Waals surface area contributed by atoms with Crippen molar-refractivity contribution in [3.05, 3.63) is 74.3 Å². The van der Waals surface area contributed by atoms with Gasteiger partial charge in [-0.2, -0.15) is 0 Å². The molecule has 0 unspecified atom stereocenters. The van der Waals surface area contributed by atoms with Crippen molar-refractivity contribution >= 4 is 38.4 Å². The first-order valence-electron chi connectivity index (χ1n) is 9.50. The molecule has 0 saturated heterocycles. The smallest absolute Gasteiger partial charge is 0.310 e. The second-order valence-corrected chi connectivity index (χ2v) is 8.07. The van der Waals surface area contributed by atoms with E-state index in [2.05, 4.69) is 4.98 Å². The molecule has 31 heavy (non-hydrogen) atoms. The minimum absolute atomic E-state index is 0.0880. The van der Waals surface area contributed by atoms with E-state index in [9.17, 15) is 22.8 Å². The van der Waals surface area contributed by atoms with Gasteiger partial charge in [0.25, 0.3) is 5.56 Å². The summed E-state index contributed by atoms with van der Waals surface area (Å²) in [4.78, 5) is 29.2. The van der Waals surface area contributed by atoms with Crippen LogP contribution in [-0.2, 0) is 22.5 Å². The molecule has 0 radical (unpaired) electrons. The van der Waals surface area contributed by atoms with E-state index in [-0.39, 0.29) is 34.8 Å². The van der Waals surface area contributed by atoms with E-state index in [1.54, 1.807) is 25.1 Å². The standard InChI is InChI=1S/C22H17F3N2O3S/c1-3-30-18(28)8-12-7-13-11(2)5-4-6-16(13)27(22(12)29)10-17-26-20-19(25)14(23)9-15(24)21(20)31-17/h4-7,9H,3,8,10H2,1-2H3. The predicted octanol–water partition coefficient (Wildman–Crippen LogP) is 4.49. The van der Waals surface area contributed by atoms with Gasteiger partial charge in [-0.25, -0.2) is 18.2 Å². The lowest BCUT2D eigenvalue weighted by atomic mass is 10.1. The number of ether oxygens (including phenoxy) is 1. The molecule has 0 aliphatic carbocycles. The number of nitrogens with zero attached hydrogens (tertiary/aromatic N) is 2. The number of hydrogen-bond donors (Lipinski definition) is 0. The Morgan fingerprint density at radius 2 is 1.97 bits per heavy atom. The van der Waals surface area contributed by atoms with Crippen molar-refractivity contribution in [2.45, 2.75) is 26.8 Å². The number of thiazole rings is 1. The van der Waals surface area contributed by atoms with Gasteiger partial charge in [0, 0.05) is 17.0 Å². The molecule has 2 aromatic carbocycles. The number of aromatic nitrogens is 2. The second kappa shape index (κ2) is 8.14. The third-order valence-electron chi connectivity index (χ3n) is 4.92. The van der Waals surface area contributed by atoms with Crippen molar-refractivity contribution in [2.24, 2.45) is 0 Å². The Morgan fingerprint density at radius 3 is 2.71 bits per heavy atom. The average Bonchev–Trinajstić information content (AvgIpc) is 3.15. The lowest BCUT2D eigenvalue weighted by molar-refractivity contribution is -0.142. The molecule has 2 heterocycles. The number of halogens is 3. The molecule has 160 valence electrons. The van der Waals surface area contributed by atoms with Gasteiger partial charge in [-0.15, -0.1) is 11.3 Å². The molecular weight excluding hydrogens is 429 g/mol. The van der Waals surface area contributed by atoms with Gasteiger partial charge in [0.05, 0.1) is 29.8 Å². The lowest BCUT2D eigenvalue weighted by Crippen LogP contribution is -2.26. The molecule has 9 heteroatoms. The van der Waals surface area contributed by atoms with E-state index in [1.807, 2.05) is 13.0 Å². The number of aryl methyl sites for hydroxylation is 1. The van der Waals surface area contributed by atoms with Gasteiger partial charge in [0.1, 0.15) is 16.3 Å². The molecule has 0 amide bonds. The van der Waals surface area contributed by atoms with Crippen molar-refractivity contribution in [1.29, 1.82) is 0 Å². The second-order valence-electron chi connectivity index (χ2n) is 6.99. The Balaban J connectivity index is 1.88. The first-order chi connectivity index (χ1) is 14.8. The van der Waals surface area contributed by atoms with Gasteiger partial charge < -0.3 is 9.30 Å². The fourth-order valence-corrected chi connectivity index (χ4v) is 4.44. The number of carbonyl (C=O) groups excluding carboxylic acids is 1. The third kappa shape index (κ3) is 3.81. The Bertz CT molecular complexity index is 1390. The molecule has 0 bridgehead atoms. The van der Waals surface area contributed by atoms with Gasteiger partial charge in [-0.3, -0.25) is 9.59 Å². The van der Waals surface area contributed by atoms with Crippen LogP contribution in [0.5, 0.6) is 0 Å². The number of carbonyl (C=O) groups is 1. The molecule has 2 aromatic heterocycles. The topological polar surface area (TPSA) is 61.2 Å². The highest BCUT2D eigenvalue weighted by Crippen LogP contribution is 2.29. The van der Waals surface area contributed by atoms with Crippen molar-refractivity contribution in [3.63, 3.8) is 0 Å². The summed E-state index contributed by atoms with van der Waals surface area (Å²) in [5, 5.41) is 0.988. The summed E-state index contributed by atoms with van der Waals surface area (Å²) in [5.41, 5.74) is 0.875. The minimum Gasteiger partial charge on any atom is -0.466 e. The van der Waals surface area contributed by atoms with Crippen LogP contribution in [0.25, 0.3) is 21.1 Å². The maximum Gasteiger partial charge on any atom is 0.310 e. The summed E-state index contributed by atoms with van der Waals surface area (Å²) in [6.07, 6.45) is -0.203. The fourth-order valence-electron chi connectivity index (χ4n) is 3.49. The van der Waals surface area contributed by atoms with E-state index in [0.717, 1.165) is 22.3 Å². The largest absolute Gasteiger partial charge is 0.466 e. The number of pyridine rings is 1. The third-order valence-corrected chi connectivity index (χ3v) is 5.97. The Labute approximate surface area is 178 Å². The highest BCUT2D eigenvalue weighted by atomic mass is 32.1. The summed E-state index contributed by atoms with van der Waals surface area (Å²) in [6.45, 7) is 3.65. The highest BCUT2D eigenvalue weighted by molar-refractivity contribution is 7.18. The zero-order chi connectivity index (χ0) is 22.3. The van der Waals surface area contributed by atoms with E-state index >= 15 is 0 Å². The number of fused-ring (bicyclic) bond motifs is 2. The van der Waals surface area contributed by atoms with Crippen LogP contribution in [0.2, 0.25) is 0 Å². The zero-order valence-electron chi connectivity index (χ0n) is 16.7. The van der Waals surface area contributed by atoms with Crippen LogP contribution < -0.4 is 5.56 Å². The Morgan fingerprint density at radius 1 is 1.19 bits per heavy atom. The van der Waals surface area contributed by atoms with E-state index in [1.165, 1.54) is 4.57 Å². The fraction of sp³-hybridized carbons (Fsp3) is 0.227. The van der Waals surface area contributed by atoms with E-state index < -0.39 is 34.5 Å². The molecule has 0 aliphatic rings. The molecule has 5 nitrogen and oxygen atoms in total. The SMILES string of the molecule is CCOC(=O)Cc1cc2c(C)cccc2n(Cc2nc3c(F)c(F)cc(F)c3s2)c1=O. The molecule has 4 rings (SSSR count). The van der Waals surface area contributed by atoms with Crippen molar-refractivity contribution in [2.75, 3.05) is 6.61 Å². The summed E-state index contributed by atoms with van der Waals surface area (Å²) < 4.78 is 48.0. The quantitative estimate of drug-likeness (QED) is 0.335. The number of benzene rings is 2. The van der Waals surface area contributed by atoms with Gasteiger partial charge in [0.15, 0.2) is 11.6 Å². The molecule has 0 spiro atoms. The van der Waals surface area contributed by atoms with Crippen LogP contribution in [-0.4, -0.2) is 22.1 Å². The summed E-state index contributed by atoms with van der Waals surface area (Å²) in [7, 11) is 0. The molecule has 0 atom stereocenters. The van der Waals surface area contributed by atoms with Crippen LogP contribution in [0.3, 0.4) is 0 Å². The minimum atomic E-state index is -1.32. The maximum atomic E-state index is 14.1. The Hall–Kier alpha value is -3.20. The molecule has 0 aliphatic heterocycles. The first-order valence-corrected chi connectivity index (χ1v) is 10.3. The molecule has 0 saturated carbocycles. The van der Waals surface area contributed by atoms with Gasteiger partial charge in [-0.05, 0) is 31.5 Å². The molecule has 0 fully saturated rings. The average molecular weight is 446 g/mol. The molecule has 0 N–H and O–H groups in total. The highest BCUT2D eigenvalue weighted by Gasteiger charge is 2.19. The molecule has 4 aromatic rings. The predicted molar refractivity (Wildman–Crippen MR) is 112 cm³/mol. The summed E-state index contributed by atoms with van der Waals surface area (Å²) in [5.74, 6) is -4.00. The monoisotopic (exact) mass is 446 g/mol. The zero-order valence-corrected chi connectivity index (χ0v) is 17.5. The van der Waals surface area contributed by atoms with Crippen molar-refractivity contribution in [3.8, 4) is 0 Å². The lowest BCUT2D eigenvalue weighted by Gasteiger charge is -2.13. The summed E-state index contributed by atoms with van der Waals surface area (Å²) in [6, 6.07) is 7.53. The van der Waals surface area contributed by atoms with Crippen LogP contribution in [0.4, 0.5) is 13.2 Å². The first kappa shape index (κ1) is 21.0. The van der Waals surface area contributed by atoms with Crippen molar-refractivity contribution < 1.29 is 22.7 Å². The van der Waals surface area contributed by atoms with Crippen LogP contribution in [0.1, 0.15) is 23.1 Å². The maximum absolute atomic E-state index is 14.1. The molecular formula is C22H17F3N2O3S. The number of esters is 1. The van der Waals surface area contributed by atoms with Crippen LogP contribution in [0, 0.1) is 24.4 Å². The van der Waals surface area contributed by atoms with Crippen LogP contribution in [0.15, 0.2) is 35.1 Å². The van der Waals surface area contributed by atoms with Gasteiger partial charge in [-0.1, -0.05) is 12.1 Å². The van der Waals surface area contributed by atoms with E-state index in [0.29, 0.717) is 11.6 Å². The Kier molecular flexibility index (Phi) is 5.53. The number of hydrogen-bond acceptors (Lipinski definition) is 5. The van der Waals surface area contributed by atoms with Gasteiger partial charge >= 0.3 is 5.97 Å². The van der Waals surface area contributed by atoms with Gasteiger partial charge in [0.2, 0.25) is 0 Å². The summed E-state index contributed by atoms with van der Waals surface area (Å²) >= 11 is 0.847. The van der Waals surface area contributed by atoms with Crippen LogP contribution >= 0.6 is 11.3 Å². The normalized spacial score (nSPS) is 11.4. The number of rotatable bonds is 5. The van der Waals surface area contributed by atoms with Crippen molar-refractivity contribution in [1.82, 2.24) is 9.55 Å².